The normalized spacial score (nSPS) is 49.9. The monoisotopic (exact) mass is 270 g/mol. The molecule has 0 spiro atoms. The van der Waals surface area contributed by atoms with Gasteiger partial charge in [-0.3, -0.25) is 0 Å². The van der Waals surface area contributed by atoms with Crippen LogP contribution in [0.3, 0.4) is 0 Å². The lowest BCUT2D eigenvalue weighted by molar-refractivity contribution is -0.0858. The molecule has 4 aliphatic rings. The molecule has 0 aromatic heterocycles. The lowest BCUT2D eigenvalue weighted by atomic mass is 9.52. The van der Waals surface area contributed by atoms with Crippen molar-refractivity contribution in [3.8, 4) is 0 Å². The molecule has 1 fully saturated rings. The molecule has 1 nitrogen and oxygen atoms in total. The Bertz CT molecular complexity index is 540. The van der Waals surface area contributed by atoms with Gasteiger partial charge in [-0.05, 0) is 50.5 Å². The molecule has 1 N–H and O–H groups in total. The molecule has 0 aromatic carbocycles. The molecule has 0 radical (unpaired) electrons. The summed E-state index contributed by atoms with van der Waals surface area (Å²) >= 11 is 0. The van der Waals surface area contributed by atoms with Gasteiger partial charge >= 0.3 is 0 Å². The molecule has 0 aliphatic heterocycles. The van der Waals surface area contributed by atoms with Crippen molar-refractivity contribution in [2.45, 2.75) is 64.4 Å². The van der Waals surface area contributed by atoms with Gasteiger partial charge in [-0.15, -0.1) is 0 Å². The minimum absolute atomic E-state index is 0.0950. The maximum atomic E-state index is 11.5. The average molecular weight is 270 g/mol. The standard InChI is InChI=1S/C19H26O/c1-17-10-5-12-19(17,20)16-8-7-14-6-3-4-11-18(14,2)15(16)9-13-17/h6-9,16,20H,3-5,10-13H2,1-2H3/t16-,17+,18+,19+/m1/s1. The predicted molar refractivity (Wildman–Crippen MR) is 82.3 cm³/mol. The van der Waals surface area contributed by atoms with Crippen LogP contribution in [-0.4, -0.2) is 10.7 Å². The second kappa shape index (κ2) is 3.88. The quantitative estimate of drug-likeness (QED) is 0.641. The van der Waals surface area contributed by atoms with Crippen LogP contribution in [0.2, 0.25) is 0 Å². The van der Waals surface area contributed by atoms with Gasteiger partial charge in [-0.2, -0.15) is 0 Å². The molecule has 20 heavy (non-hydrogen) atoms. The molecule has 0 saturated heterocycles. The molecule has 4 atom stereocenters. The number of aliphatic hydroxyl groups is 1. The number of hydrogen-bond acceptors (Lipinski definition) is 1. The second-order valence-corrected chi connectivity index (χ2v) is 7.92. The largest absolute Gasteiger partial charge is 0.388 e. The highest BCUT2D eigenvalue weighted by Crippen LogP contribution is 2.63. The van der Waals surface area contributed by atoms with Crippen LogP contribution in [0.1, 0.15) is 58.8 Å². The summed E-state index contributed by atoms with van der Waals surface area (Å²) in [5.74, 6) is 0.254. The Hall–Kier alpha value is -0.820. The number of rotatable bonds is 0. The van der Waals surface area contributed by atoms with Gasteiger partial charge in [-0.25, -0.2) is 0 Å². The Labute approximate surface area is 122 Å². The Balaban J connectivity index is 1.87. The maximum Gasteiger partial charge on any atom is 0.0803 e. The summed E-state index contributed by atoms with van der Waals surface area (Å²) < 4.78 is 0. The van der Waals surface area contributed by atoms with E-state index in [0.29, 0.717) is 0 Å². The summed E-state index contributed by atoms with van der Waals surface area (Å²) in [5, 5.41) is 11.5. The first-order chi connectivity index (χ1) is 9.50. The lowest BCUT2D eigenvalue weighted by Crippen LogP contribution is -2.53. The van der Waals surface area contributed by atoms with Crippen molar-refractivity contribution < 1.29 is 5.11 Å². The number of hydrogen-bond donors (Lipinski definition) is 1. The third-order valence-electron chi connectivity index (χ3n) is 6.94. The molecular weight excluding hydrogens is 244 g/mol. The fourth-order valence-electron chi connectivity index (χ4n) is 5.47. The zero-order chi connectivity index (χ0) is 14.0. The Morgan fingerprint density at radius 3 is 2.80 bits per heavy atom. The second-order valence-electron chi connectivity index (χ2n) is 7.92. The van der Waals surface area contributed by atoms with E-state index in [1.54, 1.807) is 0 Å². The van der Waals surface area contributed by atoms with Crippen molar-refractivity contribution in [1.29, 1.82) is 0 Å². The van der Waals surface area contributed by atoms with Crippen molar-refractivity contribution in [2.75, 3.05) is 0 Å². The third kappa shape index (κ3) is 1.38. The fourth-order valence-corrected chi connectivity index (χ4v) is 5.47. The van der Waals surface area contributed by atoms with Gasteiger partial charge in [-0.1, -0.05) is 43.7 Å². The van der Waals surface area contributed by atoms with Crippen LogP contribution in [0, 0.1) is 16.7 Å². The van der Waals surface area contributed by atoms with Gasteiger partial charge in [0.1, 0.15) is 0 Å². The van der Waals surface area contributed by atoms with Crippen LogP contribution in [0.4, 0.5) is 0 Å². The zero-order valence-corrected chi connectivity index (χ0v) is 12.8. The molecule has 4 aliphatic carbocycles. The Kier molecular flexibility index (Phi) is 2.50. The summed E-state index contributed by atoms with van der Waals surface area (Å²) in [6, 6.07) is 0. The molecule has 0 heterocycles. The predicted octanol–water partition coefficient (Wildman–Crippen LogP) is 4.54. The first kappa shape index (κ1) is 12.9. The van der Waals surface area contributed by atoms with Gasteiger partial charge in [0.2, 0.25) is 0 Å². The molecule has 0 amide bonds. The summed E-state index contributed by atoms with van der Waals surface area (Å²) in [6.45, 7) is 4.71. The van der Waals surface area contributed by atoms with E-state index in [9.17, 15) is 5.11 Å². The molecule has 1 heteroatoms. The summed E-state index contributed by atoms with van der Waals surface area (Å²) in [4.78, 5) is 0. The van der Waals surface area contributed by atoms with E-state index in [-0.39, 0.29) is 16.7 Å². The third-order valence-corrected chi connectivity index (χ3v) is 6.94. The SMILES string of the molecule is C[C@]12CCCC=C1C=C[C@@H]1C2=CC[C@]2(C)CCC[C@]12O. The molecule has 1 saturated carbocycles. The van der Waals surface area contributed by atoms with Crippen molar-refractivity contribution in [3.63, 3.8) is 0 Å². The fraction of sp³-hybridized carbons (Fsp3) is 0.684. The van der Waals surface area contributed by atoms with Gasteiger partial charge < -0.3 is 5.11 Å². The molecule has 4 rings (SSSR count). The number of allylic oxidation sites excluding steroid dienone is 4. The molecule has 108 valence electrons. The van der Waals surface area contributed by atoms with Crippen molar-refractivity contribution in [1.82, 2.24) is 0 Å². The molecular formula is C19H26O. The highest BCUT2D eigenvalue weighted by atomic mass is 16.3. The topological polar surface area (TPSA) is 20.2 Å². The average Bonchev–Trinajstić information content (AvgIpc) is 2.74. The van der Waals surface area contributed by atoms with Crippen LogP contribution >= 0.6 is 0 Å². The highest BCUT2D eigenvalue weighted by molar-refractivity contribution is 5.48. The Morgan fingerprint density at radius 1 is 1.10 bits per heavy atom. The van der Waals surface area contributed by atoms with E-state index in [1.165, 1.54) is 43.3 Å². The zero-order valence-electron chi connectivity index (χ0n) is 12.8. The lowest BCUT2D eigenvalue weighted by Gasteiger charge is -2.54. The van der Waals surface area contributed by atoms with Crippen molar-refractivity contribution in [2.24, 2.45) is 16.7 Å². The van der Waals surface area contributed by atoms with Gasteiger partial charge in [0.25, 0.3) is 0 Å². The van der Waals surface area contributed by atoms with E-state index < -0.39 is 5.60 Å². The summed E-state index contributed by atoms with van der Waals surface area (Å²) in [6.07, 6.45) is 17.7. The van der Waals surface area contributed by atoms with Crippen molar-refractivity contribution in [3.05, 3.63) is 35.5 Å². The molecule has 0 unspecified atom stereocenters. The summed E-state index contributed by atoms with van der Waals surface area (Å²) in [7, 11) is 0. The Morgan fingerprint density at radius 2 is 1.95 bits per heavy atom. The smallest absolute Gasteiger partial charge is 0.0803 e. The van der Waals surface area contributed by atoms with E-state index in [0.717, 1.165) is 12.8 Å². The van der Waals surface area contributed by atoms with E-state index in [1.807, 2.05) is 0 Å². The van der Waals surface area contributed by atoms with Crippen LogP contribution in [0.5, 0.6) is 0 Å². The number of fused-ring (bicyclic) bond motifs is 5. The van der Waals surface area contributed by atoms with Crippen LogP contribution < -0.4 is 0 Å². The van der Waals surface area contributed by atoms with Crippen LogP contribution in [0.15, 0.2) is 35.5 Å². The molecule has 0 bridgehead atoms. The minimum atomic E-state index is -0.500. The van der Waals surface area contributed by atoms with Gasteiger partial charge in [0, 0.05) is 16.7 Å². The van der Waals surface area contributed by atoms with Gasteiger partial charge in [0.05, 0.1) is 5.60 Å². The minimum Gasteiger partial charge on any atom is -0.388 e. The van der Waals surface area contributed by atoms with Crippen LogP contribution in [-0.2, 0) is 0 Å². The van der Waals surface area contributed by atoms with E-state index in [2.05, 4.69) is 38.2 Å². The van der Waals surface area contributed by atoms with Crippen LogP contribution in [0.25, 0.3) is 0 Å². The van der Waals surface area contributed by atoms with E-state index >= 15 is 0 Å². The van der Waals surface area contributed by atoms with Crippen molar-refractivity contribution >= 4 is 0 Å². The first-order valence-electron chi connectivity index (χ1n) is 8.31. The van der Waals surface area contributed by atoms with Gasteiger partial charge in [0.15, 0.2) is 0 Å². The molecule has 0 aromatic rings. The first-order valence-corrected chi connectivity index (χ1v) is 8.31. The highest BCUT2D eigenvalue weighted by Gasteiger charge is 2.59. The maximum absolute atomic E-state index is 11.5. The summed E-state index contributed by atoms with van der Waals surface area (Å²) in [5.41, 5.74) is 2.80. The van der Waals surface area contributed by atoms with E-state index in [4.69, 9.17) is 0 Å².